The molecule has 4 unspecified atom stereocenters. The van der Waals surface area contributed by atoms with Crippen LogP contribution in [0.2, 0.25) is 0 Å². The zero-order chi connectivity index (χ0) is 15.8. The van der Waals surface area contributed by atoms with E-state index in [1.54, 1.807) is 0 Å². The van der Waals surface area contributed by atoms with E-state index < -0.39 is 0 Å². The Kier molecular flexibility index (Phi) is 8.82. The molecule has 1 radical (unpaired) electrons. The topological polar surface area (TPSA) is 0 Å². The summed E-state index contributed by atoms with van der Waals surface area (Å²) in [6, 6.07) is 0. The van der Waals surface area contributed by atoms with Crippen LogP contribution < -0.4 is 0 Å². The van der Waals surface area contributed by atoms with Crippen molar-refractivity contribution >= 4 is 0 Å². The Morgan fingerprint density at radius 2 is 0.524 bits per heavy atom. The molecule has 4 atom stereocenters. The second-order valence-corrected chi connectivity index (χ2v) is 8.40. The van der Waals surface area contributed by atoms with Gasteiger partial charge in [0.15, 0.2) is 0 Å². The first-order valence-corrected chi connectivity index (χ1v) is 8.94. The minimum atomic E-state index is 0. The van der Waals surface area contributed by atoms with Crippen molar-refractivity contribution in [3.63, 3.8) is 0 Å². The fourth-order valence-corrected chi connectivity index (χ4v) is 4.61. The maximum absolute atomic E-state index is 4.20. The van der Waals surface area contributed by atoms with E-state index in [-0.39, 0.29) is 21.7 Å². The Balaban J connectivity index is 0.000000364. The average Bonchev–Trinajstić information content (AvgIpc) is 2.71. The third-order valence-electron chi connectivity index (χ3n) is 7.99. The van der Waals surface area contributed by atoms with Crippen LogP contribution in [0.3, 0.4) is 0 Å². The molecule has 0 aromatic heterocycles. The zero-order valence-electron chi connectivity index (χ0n) is 16.0. The van der Waals surface area contributed by atoms with Crippen LogP contribution in [0.4, 0.5) is 0 Å². The molecule has 0 bridgehead atoms. The van der Waals surface area contributed by atoms with E-state index >= 15 is 0 Å². The molecule has 2 saturated carbocycles. The van der Waals surface area contributed by atoms with Crippen molar-refractivity contribution in [2.45, 2.75) is 62.3 Å². The van der Waals surface area contributed by atoms with E-state index in [2.05, 4.69) is 69.2 Å². The molecule has 0 amide bonds. The predicted molar refractivity (Wildman–Crippen MR) is 91.3 cm³/mol. The fourth-order valence-electron chi connectivity index (χ4n) is 4.61. The molecule has 2 rings (SSSR count). The summed E-state index contributed by atoms with van der Waals surface area (Å²) in [5.74, 6) is 8.75. The van der Waals surface area contributed by atoms with Gasteiger partial charge < -0.3 is 6.92 Å². The Labute approximate surface area is 150 Å². The van der Waals surface area contributed by atoms with Gasteiger partial charge >= 0.3 is 21.7 Å². The van der Waals surface area contributed by atoms with E-state index in [0.29, 0.717) is 5.92 Å². The number of rotatable bonds is 0. The van der Waals surface area contributed by atoms with E-state index in [0.717, 1.165) is 53.3 Å². The Hall–Kier alpha value is 0.714. The van der Waals surface area contributed by atoms with Crippen molar-refractivity contribution in [1.29, 1.82) is 0 Å². The first kappa shape index (κ1) is 21.7. The molecule has 0 aromatic carbocycles. The molecule has 0 saturated heterocycles. The zero-order valence-corrected chi connectivity index (χ0v) is 17.5. The second kappa shape index (κ2) is 8.53. The van der Waals surface area contributed by atoms with Crippen LogP contribution in [0.25, 0.3) is 0 Å². The molecule has 0 nitrogen and oxygen atoms in total. The van der Waals surface area contributed by atoms with Gasteiger partial charge in [0, 0.05) is 0 Å². The van der Waals surface area contributed by atoms with Crippen molar-refractivity contribution in [2.75, 3.05) is 0 Å². The second-order valence-electron chi connectivity index (χ2n) is 8.40. The van der Waals surface area contributed by atoms with Crippen LogP contribution in [-0.4, -0.2) is 0 Å². The van der Waals surface area contributed by atoms with Crippen molar-refractivity contribution in [1.82, 2.24) is 0 Å². The molecule has 1 heteroatoms. The molecule has 0 aromatic rings. The van der Waals surface area contributed by atoms with E-state index in [9.17, 15) is 0 Å². The summed E-state index contributed by atoms with van der Waals surface area (Å²) in [5.41, 5.74) is 0. The molecule has 21 heavy (non-hydrogen) atoms. The molecule has 0 spiro atoms. The van der Waals surface area contributed by atoms with Gasteiger partial charge in [0.05, 0.1) is 0 Å². The van der Waals surface area contributed by atoms with Gasteiger partial charge in [-0.15, -0.1) is 0 Å². The average molecular weight is 327 g/mol. The molecule has 121 valence electrons. The summed E-state index contributed by atoms with van der Waals surface area (Å²) in [6.07, 6.45) is 0. The fraction of sp³-hybridized carbons (Fsp3) is 0.950. The Morgan fingerprint density at radius 1 is 0.381 bits per heavy atom. The summed E-state index contributed by atoms with van der Waals surface area (Å²) in [7, 11) is 0. The molecule has 2 fully saturated rings. The van der Waals surface area contributed by atoms with Gasteiger partial charge in [-0.3, -0.25) is 0 Å². The van der Waals surface area contributed by atoms with Crippen molar-refractivity contribution in [3.05, 3.63) is 6.92 Å². The van der Waals surface area contributed by atoms with Crippen LogP contribution in [-0.2, 0) is 21.7 Å². The standard InChI is InChI=1S/C10H20.C10H19.Ti/c2*1-6-7(2)9(4)10(5)8(6)3;/h6-10H,1-5H3;6-10H,1H2,2-5H3;/q;-1;+3. The first-order chi connectivity index (χ1) is 9.11. The van der Waals surface area contributed by atoms with Gasteiger partial charge in [-0.25, -0.2) is 0 Å². The van der Waals surface area contributed by atoms with Gasteiger partial charge in [-0.2, -0.15) is 5.92 Å². The summed E-state index contributed by atoms with van der Waals surface area (Å²) in [6.45, 7) is 25.6. The quantitative estimate of drug-likeness (QED) is 0.368. The van der Waals surface area contributed by atoms with Crippen molar-refractivity contribution in [2.24, 2.45) is 59.2 Å². The number of hydrogen-bond acceptors (Lipinski definition) is 0. The molecular formula is C20H39Ti+2. The predicted octanol–water partition coefficient (Wildman–Crippen LogP) is 6.17. The minimum Gasteiger partial charge on any atom is -0.340 e. The van der Waals surface area contributed by atoms with Gasteiger partial charge in [-0.1, -0.05) is 74.1 Å². The summed E-state index contributed by atoms with van der Waals surface area (Å²) in [4.78, 5) is 0. The third kappa shape index (κ3) is 4.38. The van der Waals surface area contributed by atoms with E-state index in [1.165, 1.54) is 0 Å². The summed E-state index contributed by atoms with van der Waals surface area (Å²) >= 11 is 0. The molecule has 2 aliphatic rings. The van der Waals surface area contributed by atoms with Crippen LogP contribution in [0, 0.1) is 66.1 Å². The van der Waals surface area contributed by atoms with Gasteiger partial charge in [0.1, 0.15) is 0 Å². The molecule has 0 N–H and O–H groups in total. The SMILES string of the molecule is CC1C(C)C(C)C(C)C1C.[CH2-]C1C(C)C(C)C(C)C1C.[Ti+3]. The largest absolute Gasteiger partial charge is 3.00 e. The Morgan fingerprint density at radius 3 is 0.619 bits per heavy atom. The van der Waals surface area contributed by atoms with Crippen LogP contribution in [0.5, 0.6) is 0 Å². The van der Waals surface area contributed by atoms with Crippen molar-refractivity contribution in [3.8, 4) is 0 Å². The maximum Gasteiger partial charge on any atom is 3.00 e. The van der Waals surface area contributed by atoms with E-state index in [4.69, 9.17) is 0 Å². The van der Waals surface area contributed by atoms with Gasteiger partial charge in [0.25, 0.3) is 0 Å². The smallest absolute Gasteiger partial charge is 0.340 e. The van der Waals surface area contributed by atoms with Gasteiger partial charge in [-0.05, 0) is 41.4 Å². The molecule has 0 heterocycles. The van der Waals surface area contributed by atoms with Crippen LogP contribution in [0.15, 0.2) is 0 Å². The molecule has 0 aliphatic heterocycles. The maximum atomic E-state index is 4.20. The summed E-state index contributed by atoms with van der Waals surface area (Å²) < 4.78 is 0. The van der Waals surface area contributed by atoms with Crippen LogP contribution >= 0.6 is 0 Å². The van der Waals surface area contributed by atoms with Crippen molar-refractivity contribution < 1.29 is 21.7 Å². The Bertz CT molecular complexity index is 181. The van der Waals surface area contributed by atoms with E-state index in [1.807, 2.05) is 0 Å². The van der Waals surface area contributed by atoms with Gasteiger partial charge in [0.2, 0.25) is 0 Å². The van der Waals surface area contributed by atoms with Crippen LogP contribution in [0.1, 0.15) is 62.3 Å². The third-order valence-corrected chi connectivity index (χ3v) is 7.99. The molecular weight excluding hydrogens is 288 g/mol. The summed E-state index contributed by atoms with van der Waals surface area (Å²) in [5, 5.41) is 0. The first-order valence-electron chi connectivity index (χ1n) is 8.94. The number of hydrogen-bond donors (Lipinski definition) is 0. The normalized spacial score (nSPS) is 52.9. The molecule has 2 aliphatic carbocycles. The monoisotopic (exact) mass is 327 g/mol. The minimum absolute atomic E-state index is 0.